The maximum Gasteiger partial charge on any atom is 0.305 e. The van der Waals surface area contributed by atoms with Crippen LogP contribution in [-0.4, -0.2) is 266 Å². The number of aliphatic carboxylic acids is 1. The van der Waals surface area contributed by atoms with Gasteiger partial charge < -0.3 is 122 Å². The number of aromatic hydroxyl groups is 1. The first-order valence-electron chi connectivity index (χ1n) is 45.3. The van der Waals surface area contributed by atoms with Crippen molar-refractivity contribution < 1.29 is 96.8 Å². The number of nitrogens with two attached hydrogens (primary N) is 3. The van der Waals surface area contributed by atoms with Gasteiger partial charge in [-0.3, -0.25) is 91.9 Å². The van der Waals surface area contributed by atoms with Gasteiger partial charge in [-0.25, -0.2) is 0 Å². The summed E-state index contributed by atoms with van der Waals surface area (Å²) >= 11 is 0.701. The van der Waals surface area contributed by atoms with Gasteiger partial charge in [0.2, 0.25) is 94.5 Å². The fourth-order valence-electron chi connectivity index (χ4n) is 14.9. The van der Waals surface area contributed by atoms with Crippen molar-refractivity contribution in [2.75, 3.05) is 38.2 Å². The first kappa shape index (κ1) is 110. The molecule has 1 fully saturated rings. The van der Waals surface area contributed by atoms with Crippen molar-refractivity contribution in [3.05, 3.63) is 156 Å². The van der Waals surface area contributed by atoms with Crippen LogP contribution in [0.15, 0.2) is 134 Å². The normalized spacial score (nSPS) is 23.2. The number of hydrogen-bond donors (Lipinski definition) is 23. The van der Waals surface area contributed by atoms with E-state index in [1.165, 1.54) is 77.5 Å². The van der Waals surface area contributed by atoms with E-state index in [-0.39, 0.29) is 87.6 Å². The lowest BCUT2D eigenvalue weighted by atomic mass is 9.98. The molecule has 16 amide bonds. The van der Waals surface area contributed by atoms with Gasteiger partial charge >= 0.3 is 5.97 Å². The zero-order valence-electron chi connectivity index (χ0n) is 78.6. The van der Waals surface area contributed by atoms with E-state index in [0.29, 0.717) is 39.4 Å². The molecule has 1 aliphatic heterocycles. The summed E-state index contributed by atoms with van der Waals surface area (Å²) in [4.78, 5) is 256. The van der Waals surface area contributed by atoms with Crippen LogP contribution in [0.3, 0.4) is 0 Å². The quantitative estimate of drug-likeness (QED) is 0.0160. The number of phenolic OH excluding ortho intramolecular Hbond substituents is 1. The number of carboxylic acids is 1. The van der Waals surface area contributed by atoms with Gasteiger partial charge in [-0.05, 0) is 134 Å². The summed E-state index contributed by atoms with van der Waals surface area (Å²) in [6.45, 7) is 14.4. The number of carbonyl (C=O) groups excluding carboxylic acids is 16. The summed E-state index contributed by atoms with van der Waals surface area (Å²) in [5.41, 5.74) is 21.0. The molecule has 6 aromatic rings. The summed E-state index contributed by atoms with van der Waals surface area (Å²) in [5.74, 6) is -21.8. The molecule has 3 heterocycles. The monoisotopic (exact) mass is 1920 g/mol. The Morgan fingerprint density at radius 3 is 1.51 bits per heavy atom. The number of primary amides is 1. The fourth-order valence-corrected chi connectivity index (χ4v) is 15.7. The van der Waals surface area contributed by atoms with Crippen molar-refractivity contribution in [1.82, 2.24) is 94.6 Å². The number of amides is 16. The topological polar surface area (TPSA) is 665 Å². The average Bonchev–Trinajstić information content (AvgIpc) is 1.62. The Bertz CT molecular complexity index is 5190. The molecular formula is C94H130N22O20S. The number of aliphatic hydroxyl groups is 1. The molecule has 42 nitrogen and oxygen atoms in total. The molecule has 7 rings (SSSR count). The first-order chi connectivity index (χ1) is 64.9. The van der Waals surface area contributed by atoms with E-state index in [2.05, 4.69) is 89.7 Å². The van der Waals surface area contributed by atoms with Crippen molar-refractivity contribution >= 4 is 129 Å². The van der Waals surface area contributed by atoms with Crippen LogP contribution in [0.1, 0.15) is 130 Å². The highest BCUT2D eigenvalue weighted by Crippen LogP contribution is 2.24. The van der Waals surface area contributed by atoms with Crippen molar-refractivity contribution in [1.29, 1.82) is 5.41 Å². The SMILES string of the molecule is CC(C)C[C@@H]1NC(=O)[C@H](CCN)NC(=O)[C@@H](CC(C)C)NC(=O)[C@H](C)N(C)C(=O)[C@H](CCCNC(=N)N)NC(=O)[C@H](Cc2ccc(-c3ccccc3)cc2)NC(=O)[C@H](C(C)C)NC(=O)[C@H](Cc2c[nH]c3ccccc23)NC(=O)[C@H](CC(=O)O)NC(=O)[C@H](Cc2ccc(O)cc2)NC(=O)[C@H](Cc2cccnc2)NC(=O)CSC[C@@H](C(=O)N[C@@H](C)C(N)=O)NC(=O)[C@H](CO)NC(=O)[C@H](C(C)C)NC1=O. The van der Waals surface area contributed by atoms with Crippen molar-refractivity contribution in [3.8, 4) is 16.9 Å². The summed E-state index contributed by atoms with van der Waals surface area (Å²) in [5, 5.41) is 79.1. The second-order valence-electron chi connectivity index (χ2n) is 35.3. The third-order valence-corrected chi connectivity index (χ3v) is 23.7. The molecule has 15 atom stereocenters. The minimum Gasteiger partial charge on any atom is -0.508 e. The largest absolute Gasteiger partial charge is 0.508 e. The summed E-state index contributed by atoms with van der Waals surface area (Å²) in [6, 6.07) is 7.48. The van der Waals surface area contributed by atoms with Gasteiger partial charge in [0, 0.05) is 74.5 Å². The molecule has 4 aromatic carbocycles. The smallest absolute Gasteiger partial charge is 0.305 e. The van der Waals surface area contributed by atoms with Gasteiger partial charge in [-0.2, -0.15) is 0 Å². The first-order valence-corrected chi connectivity index (χ1v) is 46.4. The van der Waals surface area contributed by atoms with Crippen LogP contribution in [0, 0.1) is 29.1 Å². The van der Waals surface area contributed by atoms with Crippen LogP contribution in [-0.2, 0) is 107 Å². The number of nitrogens with zero attached hydrogens (tertiary/aromatic N) is 2. The van der Waals surface area contributed by atoms with E-state index in [0.717, 1.165) is 16.0 Å². The van der Waals surface area contributed by atoms with Crippen LogP contribution in [0.4, 0.5) is 0 Å². The van der Waals surface area contributed by atoms with Crippen LogP contribution in [0.5, 0.6) is 5.75 Å². The molecule has 26 N–H and O–H groups in total. The number of pyridine rings is 1. The fraction of sp³-hybridized carbons (Fsp3) is 0.479. The number of benzene rings is 4. The molecule has 43 heteroatoms. The number of nitrogens with one attached hydrogen (secondary N) is 17. The molecule has 0 bridgehead atoms. The number of aliphatic hydroxyl groups excluding tert-OH is 1. The predicted molar refractivity (Wildman–Crippen MR) is 510 cm³/mol. The predicted octanol–water partition coefficient (Wildman–Crippen LogP) is -1.42. The number of rotatable bonds is 27. The van der Waals surface area contributed by atoms with Crippen LogP contribution >= 0.6 is 11.8 Å². The number of thioether (sulfide) groups is 1. The van der Waals surface area contributed by atoms with E-state index in [1.807, 2.05) is 30.3 Å². The minimum atomic E-state index is -2.08. The molecular weight excluding hydrogens is 1790 g/mol. The number of carboxylic acid groups (broad SMARTS) is 1. The van der Waals surface area contributed by atoms with E-state index < -0.39 is 240 Å². The van der Waals surface area contributed by atoms with Gasteiger partial charge in [0.15, 0.2) is 5.96 Å². The van der Waals surface area contributed by atoms with Gasteiger partial charge in [0.25, 0.3) is 0 Å². The van der Waals surface area contributed by atoms with Gasteiger partial charge in [0.1, 0.15) is 96.4 Å². The number of phenols is 1. The Kier molecular flexibility index (Phi) is 43.2. The van der Waals surface area contributed by atoms with Crippen molar-refractivity contribution in [2.45, 2.75) is 224 Å². The highest BCUT2D eigenvalue weighted by Gasteiger charge is 2.41. The van der Waals surface area contributed by atoms with Gasteiger partial charge in [0.05, 0.1) is 18.8 Å². The van der Waals surface area contributed by atoms with Crippen LogP contribution < -0.4 is 97.0 Å². The highest BCUT2D eigenvalue weighted by atomic mass is 32.2. The van der Waals surface area contributed by atoms with Crippen LogP contribution in [0.25, 0.3) is 22.0 Å². The lowest BCUT2D eigenvalue weighted by Crippen LogP contribution is -2.62. The Labute approximate surface area is 798 Å². The number of carbonyl (C=O) groups is 17. The number of aromatic nitrogens is 2. The van der Waals surface area contributed by atoms with E-state index >= 15 is 33.6 Å². The molecule has 0 saturated carbocycles. The Morgan fingerprint density at radius 1 is 0.511 bits per heavy atom. The van der Waals surface area contributed by atoms with E-state index in [4.69, 9.17) is 22.6 Å². The number of likely N-dealkylation sites (N-methyl/N-ethyl adjacent to an activating group) is 1. The van der Waals surface area contributed by atoms with Crippen molar-refractivity contribution in [2.24, 2.45) is 40.9 Å². The number of guanidine groups is 1. The number of para-hydroxylation sites is 1. The standard InChI is InChI=1S/C94H130N22O20S/c1-49(2)37-66-82(125)104-64(33-34-95)81(124)107-67(38-50(3)4)87(130)114-78(52(7)8)92(135)112-73(46-117)89(132)113-74(90(133)102-53(9)79(96)122)47-137-48-75(119)103-68(41-57-19-17-35-99-44-57)83(126)108-69(40-56-27-31-61(118)32-28-56)85(128)110-72(43-76(120)121)86(129)109-71(42-60-45-101-63-23-16-15-22-62(60)63)88(131)115-77(51(5)6)91(134)111-70(39-55-25-29-59(30-26-55)58-20-13-12-14-21-58)84(127)105-65(24-18-36-100-94(97)98)93(136)116(11)54(10)80(123)106-66/h12-17,19-23,25-32,35,44-45,49-54,64-74,77-78,101,117-118H,18,24,33-34,36-43,46-48,95H2,1-11H3,(H2,96,122)(H,102,133)(H,103,119)(H,104,125)(H,105,127)(H,106,123)(H,107,124)(H,108,126)(H,109,129)(H,110,128)(H,111,134)(H,112,135)(H,113,132)(H,114,130)(H,115,131)(H,120,121)(H4,97,98,100)/t53-,54-,64-,65-,66+,67-,68-,69-,70-,71-,72-,73-,74-,77-,78-/m0/s1. The van der Waals surface area contributed by atoms with Crippen LogP contribution in [0.2, 0.25) is 0 Å². The average molecular weight is 1920 g/mol. The lowest BCUT2D eigenvalue weighted by Gasteiger charge is -2.32. The third kappa shape index (κ3) is 35.0. The molecule has 0 aliphatic carbocycles. The second-order valence-corrected chi connectivity index (χ2v) is 36.4. The molecule has 0 radical (unpaired) electrons. The third-order valence-electron chi connectivity index (χ3n) is 22.6. The Balaban J connectivity index is 1.33. The second kappa shape index (κ2) is 53.9. The van der Waals surface area contributed by atoms with E-state index in [1.54, 1.807) is 102 Å². The van der Waals surface area contributed by atoms with Crippen molar-refractivity contribution in [3.63, 3.8) is 0 Å². The number of fused-ring (bicyclic) bond motifs is 1. The highest BCUT2D eigenvalue weighted by molar-refractivity contribution is 8.00. The Hall–Kier alpha value is -14.1. The zero-order valence-corrected chi connectivity index (χ0v) is 79.4. The molecule has 1 saturated heterocycles. The van der Waals surface area contributed by atoms with E-state index in [9.17, 15) is 63.3 Å². The zero-order chi connectivity index (χ0) is 101. The molecule has 742 valence electrons. The maximum atomic E-state index is 15.5. The molecule has 1 aliphatic rings. The molecule has 0 unspecified atom stereocenters. The molecule has 137 heavy (non-hydrogen) atoms. The Morgan fingerprint density at radius 2 is 0.971 bits per heavy atom. The molecule has 2 aromatic heterocycles. The minimum absolute atomic E-state index is 0.00320. The number of H-pyrrole nitrogens is 1. The molecule has 0 spiro atoms. The summed E-state index contributed by atoms with van der Waals surface area (Å²) in [7, 11) is 1.27. The number of hydrogen-bond acceptors (Lipinski definition) is 23. The lowest BCUT2D eigenvalue weighted by molar-refractivity contribution is -0.143. The summed E-state index contributed by atoms with van der Waals surface area (Å²) < 4.78 is 0. The maximum absolute atomic E-state index is 15.5. The number of aromatic amines is 1. The van der Waals surface area contributed by atoms with Gasteiger partial charge in [-0.1, -0.05) is 146 Å². The summed E-state index contributed by atoms with van der Waals surface area (Å²) in [6.07, 6.45) is 1.30. The van der Waals surface area contributed by atoms with Gasteiger partial charge in [-0.15, -0.1) is 11.8 Å².